The third kappa shape index (κ3) is 2.78. The van der Waals surface area contributed by atoms with Crippen molar-refractivity contribution < 1.29 is 9.32 Å². The normalized spacial score (nSPS) is 22.6. The molecular formula is C16H20N4O2S. The fourth-order valence-electron chi connectivity index (χ4n) is 3.80. The van der Waals surface area contributed by atoms with Crippen molar-refractivity contribution in [2.45, 2.75) is 56.9 Å². The van der Waals surface area contributed by atoms with Gasteiger partial charge in [0.1, 0.15) is 4.88 Å². The first-order valence-corrected chi connectivity index (χ1v) is 9.23. The number of carbonyl (C=O) groups is 1. The lowest BCUT2D eigenvalue weighted by atomic mass is 9.99. The summed E-state index contributed by atoms with van der Waals surface area (Å²) in [5.74, 6) is 1.16. The van der Waals surface area contributed by atoms with Gasteiger partial charge in [-0.25, -0.2) is 4.98 Å². The standard InChI is InChI=1S/C16H20N4O2S/c21-16(14-13(18-10-23-14)11-5-1-2-6-11)20-8-4-3-7-12(20)15-17-9-22-19-15/h9-12H,1-8H2. The van der Waals surface area contributed by atoms with Gasteiger partial charge in [0.25, 0.3) is 5.91 Å². The topological polar surface area (TPSA) is 72.1 Å². The Morgan fingerprint density at radius 2 is 2.00 bits per heavy atom. The van der Waals surface area contributed by atoms with E-state index in [1.807, 2.05) is 10.4 Å². The average Bonchev–Trinajstić information content (AvgIpc) is 3.35. The highest BCUT2D eigenvalue weighted by atomic mass is 32.1. The zero-order valence-electron chi connectivity index (χ0n) is 13.0. The van der Waals surface area contributed by atoms with Gasteiger partial charge in [0.2, 0.25) is 6.39 Å². The number of rotatable bonds is 3. The van der Waals surface area contributed by atoms with Crippen LogP contribution in [0.1, 0.15) is 78.1 Å². The van der Waals surface area contributed by atoms with Crippen LogP contribution in [0.5, 0.6) is 0 Å². The molecule has 2 aromatic heterocycles. The van der Waals surface area contributed by atoms with Crippen molar-refractivity contribution in [3.05, 3.63) is 28.3 Å². The Bertz CT molecular complexity index is 663. The number of nitrogens with zero attached hydrogens (tertiary/aromatic N) is 4. The van der Waals surface area contributed by atoms with Crippen LogP contribution in [0.2, 0.25) is 0 Å². The minimum atomic E-state index is -0.0754. The largest absolute Gasteiger partial charge is 0.343 e. The SMILES string of the molecule is O=C(c1scnc1C1CCCC1)N1CCCCC1c1ncon1. The van der Waals surface area contributed by atoms with Crippen LogP contribution in [0, 0.1) is 0 Å². The fraction of sp³-hybridized carbons (Fsp3) is 0.625. The van der Waals surface area contributed by atoms with Crippen molar-refractivity contribution in [3.8, 4) is 0 Å². The minimum Gasteiger partial charge on any atom is -0.343 e. The molecule has 0 radical (unpaired) electrons. The van der Waals surface area contributed by atoms with Gasteiger partial charge in [0.15, 0.2) is 5.82 Å². The molecule has 7 heteroatoms. The zero-order valence-corrected chi connectivity index (χ0v) is 13.8. The molecule has 2 aromatic rings. The lowest BCUT2D eigenvalue weighted by Gasteiger charge is -2.33. The maximum atomic E-state index is 13.2. The Morgan fingerprint density at radius 1 is 1.17 bits per heavy atom. The van der Waals surface area contributed by atoms with Gasteiger partial charge in [-0.05, 0) is 32.1 Å². The van der Waals surface area contributed by atoms with E-state index in [-0.39, 0.29) is 11.9 Å². The summed E-state index contributed by atoms with van der Waals surface area (Å²) in [6.07, 6.45) is 9.12. The summed E-state index contributed by atoms with van der Waals surface area (Å²) in [5, 5.41) is 3.96. The molecule has 1 amide bonds. The molecule has 0 N–H and O–H groups in total. The first-order valence-electron chi connectivity index (χ1n) is 8.35. The first kappa shape index (κ1) is 14.8. The van der Waals surface area contributed by atoms with E-state index in [4.69, 9.17) is 4.52 Å². The van der Waals surface area contributed by atoms with Gasteiger partial charge in [-0.2, -0.15) is 4.98 Å². The number of likely N-dealkylation sites (tertiary alicyclic amines) is 1. The number of aromatic nitrogens is 3. The van der Waals surface area contributed by atoms with Crippen molar-refractivity contribution in [2.75, 3.05) is 6.54 Å². The van der Waals surface area contributed by atoms with E-state index in [9.17, 15) is 4.79 Å². The highest BCUT2D eigenvalue weighted by Gasteiger charge is 2.34. The van der Waals surface area contributed by atoms with Crippen molar-refractivity contribution in [1.29, 1.82) is 0 Å². The quantitative estimate of drug-likeness (QED) is 0.859. The monoisotopic (exact) mass is 332 g/mol. The molecule has 2 fully saturated rings. The third-order valence-electron chi connectivity index (χ3n) is 4.97. The number of amides is 1. The molecule has 122 valence electrons. The molecule has 0 spiro atoms. The second kappa shape index (κ2) is 6.39. The molecule has 1 atom stereocenters. The molecule has 6 nitrogen and oxygen atoms in total. The summed E-state index contributed by atoms with van der Waals surface area (Å²) in [6.45, 7) is 0.750. The predicted molar refractivity (Wildman–Crippen MR) is 85.2 cm³/mol. The average molecular weight is 332 g/mol. The van der Waals surface area contributed by atoms with Gasteiger partial charge in [0.05, 0.1) is 17.2 Å². The van der Waals surface area contributed by atoms with E-state index in [1.165, 1.54) is 30.6 Å². The fourth-order valence-corrected chi connectivity index (χ4v) is 4.63. The number of thiazole rings is 1. The second-order valence-electron chi connectivity index (χ2n) is 6.35. The molecule has 0 bridgehead atoms. The summed E-state index contributed by atoms with van der Waals surface area (Å²) in [5.41, 5.74) is 2.82. The molecule has 2 aliphatic rings. The summed E-state index contributed by atoms with van der Waals surface area (Å²) in [7, 11) is 0. The van der Waals surface area contributed by atoms with E-state index >= 15 is 0 Å². The van der Waals surface area contributed by atoms with Crippen LogP contribution < -0.4 is 0 Å². The second-order valence-corrected chi connectivity index (χ2v) is 7.20. The first-order chi connectivity index (χ1) is 11.3. The molecule has 1 unspecified atom stereocenters. The molecular weight excluding hydrogens is 312 g/mol. The van der Waals surface area contributed by atoms with Gasteiger partial charge in [0, 0.05) is 12.5 Å². The van der Waals surface area contributed by atoms with Crippen LogP contribution >= 0.6 is 11.3 Å². The van der Waals surface area contributed by atoms with Crippen LogP contribution in [0.25, 0.3) is 0 Å². The molecule has 3 heterocycles. The Balaban J connectivity index is 1.61. The number of carbonyl (C=O) groups excluding carboxylic acids is 1. The number of piperidine rings is 1. The molecule has 0 aromatic carbocycles. The van der Waals surface area contributed by atoms with Gasteiger partial charge in [-0.1, -0.05) is 18.0 Å². The number of hydrogen-bond donors (Lipinski definition) is 0. The minimum absolute atomic E-state index is 0.0754. The summed E-state index contributed by atoms with van der Waals surface area (Å²) >= 11 is 1.47. The highest BCUT2D eigenvalue weighted by Crippen LogP contribution is 2.38. The van der Waals surface area contributed by atoms with E-state index in [2.05, 4.69) is 15.1 Å². The highest BCUT2D eigenvalue weighted by molar-refractivity contribution is 7.11. The Labute approximate surface area is 138 Å². The van der Waals surface area contributed by atoms with Gasteiger partial charge >= 0.3 is 0 Å². The smallest absolute Gasteiger partial charge is 0.266 e. The van der Waals surface area contributed by atoms with Gasteiger partial charge in [-0.15, -0.1) is 11.3 Å². The Hall–Kier alpha value is -1.76. The number of hydrogen-bond acceptors (Lipinski definition) is 6. The van der Waals surface area contributed by atoms with Crippen LogP contribution in [0.15, 0.2) is 16.4 Å². The van der Waals surface area contributed by atoms with Crippen molar-refractivity contribution >= 4 is 17.2 Å². The van der Waals surface area contributed by atoms with Crippen molar-refractivity contribution in [2.24, 2.45) is 0 Å². The maximum absolute atomic E-state index is 13.2. The Kier molecular flexibility index (Phi) is 4.11. The van der Waals surface area contributed by atoms with Crippen LogP contribution in [-0.4, -0.2) is 32.5 Å². The van der Waals surface area contributed by atoms with Crippen molar-refractivity contribution in [1.82, 2.24) is 20.0 Å². The van der Waals surface area contributed by atoms with Gasteiger partial charge < -0.3 is 9.42 Å². The maximum Gasteiger partial charge on any atom is 0.266 e. The molecule has 23 heavy (non-hydrogen) atoms. The lowest BCUT2D eigenvalue weighted by molar-refractivity contribution is 0.0600. The van der Waals surface area contributed by atoms with E-state index in [0.717, 1.165) is 49.2 Å². The van der Waals surface area contributed by atoms with Gasteiger partial charge in [-0.3, -0.25) is 4.79 Å². The molecule has 1 saturated carbocycles. The predicted octanol–water partition coefficient (Wildman–Crippen LogP) is 3.55. The summed E-state index contributed by atoms with van der Waals surface area (Å²) < 4.78 is 4.88. The lowest BCUT2D eigenvalue weighted by Crippen LogP contribution is -2.39. The Morgan fingerprint density at radius 3 is 2.78 bits per heavy atom. The zero-order chi connectivity index (χ0) is 15.6. The van der Waals surface area contributed by atoms with Crippen LogP contribution in [-0.2, 0) is 0 Å². The molecule has 4 rings (SSSR count). The van der Waals surface area contributed by atoms with E-state index in [0.29, 0.717) is 11.7 Å². The molecule has 1 saturated heterocycles. The van der Waals surface area contributed by atoms with E-state index in [1.54, 1.807) is 0 Å². The van der Waals surface area contributed by atoms with E-state index < -0.39 is 0 Å². The summed E-state index contributed by atoms with van der Waals surface area (Å²) in [6, 6.07) is -0.0754. The molecule has 1 aliphatic heterocycles. The van der Waals surface area contributed by atoms with Crippen molar-refractivity contribution in [3.63, 3.8) is 0 Å². The molecule has 1 aliphatic carbocycles. The van der Waals surface area contributed by atoms with Crippen LogP contribution in [0.3, 0.4) is 0 Å². The summed E-state index contributed by atoms with van der Waals surface area (Å²) in [4.78, 5) is 24.6. The van der Waals surface area contributed by atoms with Crippen LogP contribution in [0.4, 0.5) is 0 Å². The third-order valence-corrected chi connectivity index (χ3v) is 5.80.